The first kappa shape index (κ1) is 12.5. The van der Waals surface area contributed by atoms with E-state index in [1.54, 1.807) is 18.0 Å². The maximum Gasteiger partial charge on any atom is 0.178 e. The lowest BCUT2D eigenvalue weighted by Crippen LogP contribution is -2.35. The number of nitrogens with zero attached hydrogens (tertiary/aromatic N) is 1. The zero-order chi connectivity index (χ0) is 13.2. The van der Waals surface area contributed by atoms with E-state index in [4.69, 9.17) is 14.9 Å². The Kier molecular flexibility index (Phi) is 3.46. The molecule has 100 valence electrons. The Balaban J connectivity index is 1.86. The highest BCUT2D eigenvalue weighted by atomic mass is 32.1. The Bertz CT molecular complexity index is 564. The predicted molar refractivity (Wildman–Crippen MR) is 70.8 cm³/mol. The fraction of sp³-hybridized carbons (Fsp3) is 0.385. The standard InChI is InChI=1S/C13H14N2O3S/c14-10-5-8(2-4-18-10)12(16)13-11(15-7-19-13)9-1-3-17-6-9/h1,3,6-8,10H,2,4-5,14H2. The molecule has 0 saturated carbocycles. The lowest BCUT2D eigenvalue weighted by Gasteiger charge is -2.25. The molecule has 2 atom stereocenters. The molecule has 1 fully saturated rings. The van der Waals surface area contributed by atoms with Crippen molar-refractivity contribution in [2.24, 2.45) is 11.7 Å². The number of carbonyl (C=O) groups is 1. The van der Waals surface area contributed by atoms with E-state index < -0.39 is 0 Å². The number of aromatic nitrogens is 1. The molecule has 1 saturated heterocycles. The van der Waals surface area contributed by atoms with Gasteiger partial charge in [0.15, 0.2) is 5.78 Å². The van der Waals surface area contributed by atoms with Crippen molar-refractivity contribution in [1.82, 2.24) is 4.98 Å². The van der Waals surface area contributed by atoms with Crippen LogP contribution in [0.5, 0.6) is 0 Å². The Morgan fingerprint density at radius 2 is 2.42 bits per heavy atom. The third kappa shape index (κ3) is 2.47. The molecular weight excluding hydrogens is 264 g/mol. The molecule has 2 aromatic heterocycles. The first-order chi connectivity index (χ1) is 9.25. The minimum atomic E-state index is -0.340. The van der Waals surface area contributed by atoms with Gasteiger partial charge < -0.3 is 14.9 Å². The molecule has 0 aromatic carbocycles. The SMILES string of the molecule is NC1CC(C(=O)c2scnc2-c2ccoc2)CCO1. The largest absolute Gasteiger partial charge is 0.472 e. The molecule has 2 N–H and O–H groups in total. The zero-order valence-corrected chi connectivity index (χ0v) is 11.1. The van der Waals surface area contributed by atoms with Crippen LogP contribution in [0.1, 0.15) is 22.5 Å². The lowest BCUT2D eigenvalue weighted by molar-refractivity contribution is -0.00132. The summed E-state index contributed by atoms with van der Waals surface area (Å²) < 4.78 is 10.3. The topological polar surface area (TPSA) is 78.4 Å². The molecule has 2 unspecified atom stereocenters. The average Bonchev–Trinajstić information content (AvgIpc) is 3.08. The molecule has 0 aliphatic carbocycles. The van der Waals surface area contributed by atoms with Crippen LogP contribution < -0.4 is 5.73 Å². The molecule has 2 aromatic rings. The second-order valence-corrected chi connectivity index (χ2v) is 5.39. The molecule has 19 heavy (non-hydrogen) atoms. The van der Waals surface area contributed by atoms with Crippen LogP contribution in [-0.2, 0) is 4.74 Å². The molecule has 0 spiro atoms. The number of furan rings is 1. The van der Waals surface area contributed by atoms with Crippen molar-refractivity contribution >= 4 is 17.1 Å². The Hall–Kier alpha value is -1.50. The van der Waals surface area contributed by atoms with Crippen molar-refractivity contribution in [1.29, 1.82) is 0 Å². The maximum atomic E-state index is 12.6. The van der Waals surface area contributed by atoms with E-state index in [2.05, 4.69) is 4.98 Å². The van der Waals surface area contributed by atoms with Gasteiger partial charge in [-0.05, 0) is 18.9 Å². The molecule has 0 bridgehead atoms. The number of rotatable bonds is 3. The summed E-state index contributed by atoms with van der Waals surface area (Å²) in [7, 11) is 0. The van der Waals surface area contributed by atoms with Gasteiger partial charge in [0.1, 0.15) is 6.23 Å². The fourth-order valence-electron chi connectivity index (χ4n) is 2.28. The summed E-state index contributed by atoms with van der Waals surface area (Å²) in [4.78, 5) is 17.5. The van der Waals surface area contributed by atoms with Gasteiger partial charge in [-0.3, -0.25) is 4.79 Å². The van der Waals surface area contributed by atoms with E-state index in [0.717, 1.165) is 12.0 Å². The van der Waals surface area contributed by atoms with Crippen LogP contribution in [-0.4, -0.2) is 23.6 Å². The summed E-state index contributed by atoms with van der Waals surface area (Å²) in [5, 5.41) is 0. The van der Waals surface area contributed by atoms with Crippen LogP contribution in [0.3, 0.4) is 0 Å². The van der Waals surface area contributed by atoms with Crippen molar-refractivity contribution in [2.45, 2.75) is 19.1 Å². The van der Waals surface area contributed by atoms with Crippen molar-refractivity contribution in [2.75, 3.05) is 6.61 Å². The average molecular weight is 278 g/mol. The van der Waals surface area contributed by atoms with Gasteiger partial charge in [0.2, 0.25) is 0 Å². The number of ketones is 1. The first-order valence-electron chi connectivity index (χ1n) is 6.13. The molecule has 0 radical (unpaired) electrons. The molecule has 5 nitrogen and oxygen atoms in total. The van der Waals surface area contributed by atoms with Gasteiger partial charge in [0, 0.05) is 18.1 Å². The zero-order valence-electron chi connectivity index (χ0n) is 10.2. The number of hydrogen-bond donors (Lipinski definition) is 1. The Labute approximate surface area is 114 Å². The van der Waals surface area contributed by atoms with Gasteiger partial charge >= 0.3 is 0 Å². The van der Waals surface area contributed by atoms with Gasteiger partial charge in [-0.2, -0.15) is 0 Å². The number of nitrogens with two attached hydrogens (primary N) is 1. The van der Waals surface area contributed by atoms with E-state index in [0.29, 0.717) is 23.6 Å². The maximum absolute atomic E-state index is 12.6. The van der Waals surface area contributed by atoms with Crippen molar-refractivity contribution in [3.8, 4) is 11.3 Å². The third-order valence-electron chi connectivity index (χ3n) is 3.27. The van der Waals surface area contributed by atoms with Crippen LogP contribution >= 0.6 is 11.3 Å². The molecule has 0 amide bonds. The predicted octanol–water partition coefficient (Wildman–Crippen LogP) is 2.30. The van der Waals surface area contributed by atoms with E-state index in [9.17, 15) is 4.79 Å². The highest BCUT2D eigenvalue weighted by Gasteiger charge is 2.29. The number of thiazole rings is 1. The smallest absolute Gasteiger partial charge is 0.178 e. The summed E-state index contributed by atoms with van der Waals surface area (Å²) >= 11 is 1.37. The molecule has 3 rings (SSSR count). The third-order valence-corrected chi connectivity index (χ3v) is 4.11. The molecule has 3 heterocycles. The van der Waals surface area contributed by atoms with Gasteiger partial charge in [0.05, 0.1) is 28.6 Å². The van der Waals surface area contributed by atoms with Crippen molar-refractivity contribution in [3.05, 3.63) is 29.0 Å². The monoisotopic (exact) mass is 278 g/mol. The quantitative estimate of drug-likeness (QED) is 0.871. The summed E-state index contributed by atoms with van der Waals surface area (Å²) in [5.74, 6) is 0.0345. The van der Waals surface area contributed by atoms with E-state index in [1.165, 1.54) is 11.3 Å². The molecule has 6 heteroatoms. The van der Waals surface area contributed by atoms with Crippen LogP contribution in [0.4, 0.5) is 0 Å². The first-order valence-corrected chi connectivity index (χ1v) is 7.01. The van der Waals surface area contributed by atoms with Gasteiger partial charge in [-0.1, -0.05) is 0 Å². The second kappa shape index (κ2) is 5.24. The minimum absolute atomic E-state index is 0.0742. The number of carbonyl (C=O) groups excluding carboxylic acids is 1. The van der Waals surface area contributed by atoms with Crippen molar-refractivity contribution < 1.29 is 13.9 Å². The van der Waals surface area contributed by atoms with E-state index in [-0.39, 0.29) is 17.9 Å². The normalized spacial score (nSPS) is 23.4. The van der Waals surface area contributed by atoms with E-state index >= 15 is 0 Å². The summed E-state index contributed by atoms with van der Waals surface area (Å²) in [6, 6.07) is 1.81. The van der Waals surface area contributed by atoms with Crippen LogP contribution in [0, 0.1) is 5.92 Å². The van der Waals surface area contributed by atoms with E-state index in [1.807, 2.05) is 6.07 Å². The van der Waals surface area contributed by atoms with Gasteiger partial charge in [-0.15, -0.1) is 11.3 Å². The number of Topliss-reactive ketones (excluding diaryl/α,β-unsaturated/α-hetero) is 1. The molecular formula is C13H14N2O3S. The second-order valence-electron chi connectivity index (χ2n) is 4.54. The fourth-order valence-corrected chi connectivity index (χ4v) is 3.11. The Morgan fingerprint density at radius 3 is 3.16 bits per heavy atom. The van der Waals surface area contributed by atoms with Crippen LogP contribution in [0.15, 0.2) is 28.5 Å². The Morgan fingerprint density at radius 1 is 1.53 bits per heavy atom. The van der Waals surface area contributed by atoms with Gasteiger partial charge in [0.25, 0.3) is 0 Å². The highest BCUT2D eigenvalue weighted by Crippen LogP contribution is 2.31. The minimum Gasteiger partial charge on any atom is -0.472 e. The summed E-state index contributed by atoms with van der Waals surface area (Å²) in [6.07, 6.45) is 4.12. The molecule has 1 aliphatic heterocycles. The number of ether oxygens (including phenoxy) is 1. The number of hydrogen-bond acceptors (Lipinski definition) is 6. The van der Waals surface area contributed by atoms with Gasteiger partial charge in [-0.25, -0.2) is 4.98 Å². The molecule has 1 aliphatic rings. The van der Waals surface area contributed by atoms with Crippen molar-refractivity contribution in [3.63, 3.8) is 0 Å². The summed E-state index contributed by atoms with van der Waals surface area (Å²) in [5.41, 5.74) is 8.97. The highest BCUT2D eigenvalue weighted by molar-refractivity contribution is 7.12. The summed E-state index contributed by atoms with van der Waals surface area (Å²) in [6.45, 7) is 0.539. The van der Waals surface area contributed by atoms with Crippen LogP contribution in [0.25, 0.3) is 11.3 Å². The lowest BCUT2D eigenvalue weighted by atomic mass is 9.92. The van der Waals surface area contributed by atoms with Crippen LogP contribution in [0.2, 0.25) is 0 Å².